The van der Waals surface area contributed by atoms with Crippen LogP contribution in [-0.4, -0.2) is 26.4 Å². The molecule has 23 heavy (non-hydrogen) atoms. The molecule has 0 spiro atoms. The van der Waals surface area contributed by atoms with Crippen molar-refractivity contribution in [3.05, 3.63) is 24.0 Å². The molecule has 130 valence electrons. The molecule has 0 radical (unpaired) electrons. The van der Waals surface area contributed by atoms with Crippen LogP contribution in [0.2, 0.25) is 0 Å². The highest BCUT2D eigenvalue weighted by molar-refractivity contribution is 7.89. The Kier molecular flexibility index (Phi) is 6.52. The van der Waals surface area contributed by atoms with Gasteiger partial charge in [-0.1, -0.05) is 13.8 Å². The van der Waals surface area contributed by atoms with Crippen molar-refractivity contribution in [3.63, 3.8) is 0 Å². The zero-order chi connectivity index (χ0) is 16.5. The summed E-state index contributed by atoms with van der Waals surface area (Å²) in [5.74, 6) is -1.38. The van der Waals surface area contributed by atoms with E-state index in [1.54, 1.807) is 13.8 Å². The van der Waals surface area contributed by atoms with Crippen molar-refractivity contribution >= 4 is 34.0 Å². The SMILES string of the molecule is CC(C)[C@H](N)C(=O)Nc1ccc(F)c(S(=O)(=O)NC2CC2)c1.Cl. The number of carbonyl (C=O) groups excluding carboxylic acids is 1. The maximum Gasteiger partial charge on any atom is 0.243 e. The van der Waals surface area contributed by atoms with Crippen LogP contribution in [0.25, 0.3) is 0 Å². The van der Waals surface area contributed by atoms with Gasteiger partial charge in [0.15, 0.2) is 0 Å². The van der Waals surface area contributed by atoms with Crippen molar-refractivity contribution in [3.8, 4) is 0 Å². The molecule has 9 heteroatoms. The number of hydrogen-bond donors (Lipinski definition) is 3. The van der Waals surface area contributed by atoms with Crippen molar-refractivity contribution in [2.75, 3.05) is 5.32 Å². The molecule has 2 rings (SSSR count). The number of hydrogen-bond acceptors (Lipinski definition) is 4. The van der Waals surface area contributed by atoms with Gasteiger partial charge >= 0.3 is 0 Å². The van der Waals surface area contributed by atoms with E-state index < -0.39 is 32.7 Å². The molecule has 0 saturated heterocycles. The molecule has 4 N–H and O–H groups in total. The highest BCUT2D eigenvalue weighted by atomic mass is 35.5. The van der Waals surface area contributed by atoms with Gasteiger partial charge in [0, 0.05) is 11.7 Å². The number of sulfonamides is 1. The van der Waals surface area contributed by atoms with E-state index in [0.29, 0.717) is 0 Å². The Labute approximate surface area is 141 Å². The fourth-order valence-corrected chi connectivity index (χ4v) is 3.21. The van der Waals surface area contributed by atoms with Crippen molar-refractivity contribution in [1.29, 1.82) is 0 Å². The van der Waals surface area contributed by atoms with Gasteiger partial charge in [-0.3, -0.25) is 4.79 Å². The van der Waals surface area contributed by atoms with Gasteiger partial charge in [0.25, 0.3) is 0 Å². The number of rotatable bonds is 6. The van der Waals surface area contributed by atoms with E-state index in [1.165, 1.54) is 6.07 Å². The Morgan fingerprint density at radius 2 is 1.96 bits per heavy atom. The third-order valence-corrected chi connectivity index (χ3v) is 4.94. The van der Waals surface area contributed by atoms with E-state index in [0.717, 1.165) is 25.0 Å². The number of nitrogens with one attached hydrogen (secondary N) is 2. The number of amides is 1. The second-order valence-corrected chi connectivity index (χ2v) is 7.48. The summed E-state index contributed by atoms with van der Waals surface area (Å²) in [6, 6.07) is 2.56. The zero-order valence-electron chi connectivity index (χ0n) is 12.9. The minimum atomic E-state index is -3.93. The van der Waals surface area contributed by atoms with Crippen LogP contribution in [0.5, 0.6) is 0 Å². The normalized spacial score (nSPS) is 15.9. The van der Waals surface area contributed by atoms with Crippen molar-refractivity contribution < 1.29 is 17.6 Å². The van der Waals surface area contributed by atoms with Crippen LogP contribution in [-0.2, 0) is 14.8 Å². The number of nitrogens with two attached hydrogens (primary N) is 1. The quantitative estimate of drug-likeness (QED) is 0.712. The predicted molar refractivity (Wildman–Crippen MR) is 88.4 cm³/mol. The number of carbonyl (C=O) groups is 1. The fraction of sp³-hybridized carbons (Fsp3) is 0.500. The molecule has 1 atom stereocenters. The van der Waals surface area contributed by atoms with Gasteiger partial charge in [0.1, 0.15) is 10.7 Å². The maximum absolute atomic E-state index is 13.8. The third-order valence-electron chi connectivity index (χ3n) is 3.41. The van der Waals surface area contributed by atoms with Crippen LogP contribution < -0.4 is 15.8 Å². The summed E-state index contributed by atoms with van der Waals surface area (Å²) >= 11 is 0. The first-order valence-electron chi connectivity index (χ1n) is 7.09. The lowest BCUT2D eigenvalue weighted by molar-refractivity contribution is -0.118. The van der Waals surface area contributed by atoms with E-state index >= 15 is 0 Å². The average Bonchev–Trinajstić information content (AvgIpc) is 3.22. The summed E-state index contributed by atoms with van der Waals surface area (Å²) in [6.45, 7) is 3.59. The van der Waals surface area contributed by atoms with Crippen LogP contribution in [0.4, 0.5) is 10.1 Å². The first kappa shape index (κ1) is 19.8. The summed E-state index contributed by atoms with van der Waals surface area (Å²) in [6.07, 6.45) is 1.50. The highest BCUT2D eigenvalue weighted by Gasteiger charge is 2.30. The first-order chi connectivity index (χ1) is 10.2. The van der Waals surface area contributed by atoms with E-state index in [1.807, 2.05) is 0 Å². The second kappa shape index (κ2) is 7.57. The minimum Gasteiger partial charge on any atom is -0.325 e. The lowest BCUT2D eigenvalue weighted by Crippen LogP contribution is -2.39. The molecule has 1 aliphatic rings. The van der Waals surface area contributed by atoms with Crippen molar-refractivity contribution in [2.45, 2.75) is 43.7 Å². The van der Waals surface area contributed by atoms with Gasteiger partial charge in [-0.15, -0.1) is 12.4 Å². The lowest BCUT2D eigenvalue weighted by Gasteiger charge is -2.16. The van der Waals surface area contributed by atoms with Gasteiger partial charge in [0.2, 0.25) is 15.9 Å². The van der Waals surface area contributed by atoms with E-state index in [4.69, 9.17) is 5.73 Å². The molecule has 1 fully saturated rings. The fourth-order valence-electron chi connectivity index (χ4n) is 1.80. The molecule has 1 aromatic carbocycles. The highest BCUT2D eigenvalue weighted by Crippen LogP contribution is 2.25. The van der Waals surface area contributed by atoms with Crippen molar-refractivity contribution in [1.82, 2.24) is 4.72 Å². The third kappa shape index (κ3) is 5.13. The van der Waals surface area contributed by atoms with Crippen LogP contribution in [0.3, 0.4) is 0 Å². The van der Waals surface area contributed by atoms with E-state index in [9.17, 15) is 17.6 Å². The average molecular weight is 366 g/mol. The minimum absolute atomic E-state index is 0. The molecular formula is C14H21ClFN3O3S. The largest absolute Gasteiger partial charge is 0.325 e. The summed E-state index contributed by atoms with van der Waals surface area (Å²) in [4.78, 5) is 11.4. The monoisotopic (exact) mass is 365 g/mol. The number of benzene rings is 1. The van der Waals surface area contributed by atoms with Crippen LogP contribution >= 0.6 is 12.4 Å². The summed E-state index contributed by atoms with van der Waals surface area (Å²) in [5.41, 5.74) is 5.91. The topological polar surface area (TPSA) is 101 Å². The maximum atomic E-state index is 13.8. The molecule has 0 aromatic heterocycles. The Hall–Kier alpha value is -1.22. The molecule has 1 aromatic rings. The van der Waals surface area contributed by atoms with E-state index in [-0.39, 0.29) is 30.1 Å². The van der Waals surface area contributed by atoms with Crippen LogP contribution in [0.15, 0.2) is 23.1 Å². The predicted octanol–water partition coefficient (Wildman–Crippen LogP) is 1.61. The standard InChI is InChI=1S/C14H20FN3O3S.ClH/c1-8(2)13(16)14(19)17-10-5-6-11(15)12(7-10)22(20,21)18-9-3-4-9;/h5-9,13,18H,3-4,16H2,1-2H3,(H,17,19);1H/t13-;/m0./s1. The first-order valence-corrected chi connectivity index (χ1v) is 8.57. The Morgan fingerprint density at radius 3 is 2.48 bits per heavy atom. The van der Waals surface area contributed by atoms with Crippen molar-refractivity contribution in [2.24, 2.45) is 11.7 Å². The number of halogens is 2. The van der Waals surface area contributed by atoms with E-state index in [2.05, 4.69) is 10.0 Å². The Bertz CT molecular complexity index is 678. The van der Waals surface area contributed by atoms with Gasteiger partial charge in [-0.05, 0) is 37.0 Å². The van der Waals surface area contributed by atoms with Gasteiger partial charge in [0.05, 0.1) is 6.04 Å². The Morgan fingerprint density at radius 1 is 1.35 bits per heavy atom. The number of anilines is 1. The molecule has 1 saturated carbocycles. The van der Waals surface area contributed by atoms with Gasteiger partial charge < -0.3 is 11.1 Å². The molecule has 6 nitrogen and oxygen atoms in total. The molecule has 0 heterocycles. The second-order valence-electron chi connectivity index (χ2n) is 5.80. The smallest absolute Gasteiger partial charge is 0.243 e. The summed E-state index contributed by atoms with van der Waals surface area (Å²) in [7, 11) is -3.93. The molecule has 1 aliphatic carbocycles. The van der Waals surface area contributed by atoms with Crippen LogP contribution in [0.1, 0.15) is 26.7 Å². The summed E-state index contributed by atoms with van der Waals surface area (Å²) in [5, 5.41) is 2.51. The Balaban J connectivity index is 0.00000264. The molecule has 0 aliphatic heterocycles. The zero-order valence-corrected chi connectivity index (χ0v) is 14.5. The molecule has 0 bridgehead atoms. The molecule has 1 amide bonds. The lowest BCUT2D eigenvalue weighted by atomic mass is 10.1. The molecule has 0 unspecified atom stereocenters. The summed E-state index contributed by atoms with van der Waals surface area (Å²) < 4.78 is 40.4. The molecular weight excluding hydrogens is 345 g/mol. The van der Waals surface area contributed by atoms with Gasteiger partial charge in [-0.2, -0.15) is 0 Å². The van der Waals surface area contributed by atoms with Crippen LogP contribution in [0, 0.1) is 11.7 Å². The van der Waals surface area contributed by atoms with Gasteiger partial charge in [-0.25, -0.2) is 17.5 Å².